The summed E-state index contributed by atoms with van der Waals surface area (Å²) in [4.78, 5) is 4.71. The lowest BCUT2D eigenvalue weighted by Gasteiger charge is -2.20. The molecular weight excluding hydrogens is 226 g/mol. The fourth-order valence-electron chi connectivity index (χ4n) is 2.62. The molecule has 0 radical (unpaired) electrons. The van der Waals surface area contributed by atoms with Crippen molar-refractivity contribution in [2.75, 3.05) is 5.73 Å². The minimum absolute atomic E-state index is 0.678. The molecule has 1 atom stereocenters. The van der Waals surface area contributed by atoms with Gasteiger partial charge in [0.1, 0.15) is 17.3 Å². The van der Waals surface area contributed by atoms with Crippen LogP contribution >= 0.6 is 0 Å². The Morgan fingerprint density at radius 2 is 2.22 bits per heavy atom. The van der Waals surface area contributed by atoms with Crippen molar-refractivity contribution in [3.05, 3.63) is 17.7 Å². The Labute approximate surface area is 107 Å². The quantitative estimate of drug-likeness (QED) is 0.832. The molecule has 18 heavy (non-hydrogen) atoms. The second kappa shape index (κ2) is 3.86. The van der Waals surface area contributed by atoms with Crippen molar-refractivity contribution in [3.63, 3.8) is 0 Å². The molecule has 3 heterocycles. The number of fused-ring (bicyclic) bond motifs is 1. The average molecular weight is 245 g/mol. The van der Waals surface area contributed by atoms with Gasteiger partial charge in [-0.2, -0.15) is 5.10 Å². The largest absolute Gasteiger partial charge is 0.383 e. The van der Waals surface area contributed by atoms with E-state index in [1.807, 2.05) is 24.9 Å². The summed E-state index contributed by atoms with van der Waals surface area (Å²) in [5, 5.41) is 4.27. The smallest absolute Gasteiger partial charge is 0.131 e. The average Bonchev–Trinajstić information content (AvgIpc) is 2.83. The molecule has 0 saturated heterocycles. The first-order valence-corrected chi connectivity index (χ1v) is 6.41. The van der Waals surface area contributed by atoms with Crippen LogP contribution in [0, 0.1) is 12.8 Å². The molecule has 3 rings (SSSR count). The highest BCUT2D eigenvalue weighted by molar-refractivity contribution is 5.72. The SMILES string of the molecule is Cc1c(-c2nc3n(c2N)CC(C)CC3)cnn1C. The van der Waals surface area contributed by atoms with Gasteiger partial charge in [-0.05, 0) is 19.3 Å². The van der Waals surface area contributed by atoms with Crippen LogP contribution in [0.1, 0.15) is 24.9 Å². The molecular formula is C13H19N5. The Morgan fingerprint density at radius 3 is 2.89 bits per heavy atom. The number of aryl methyl sites for hydroxylation is 2. The molecule has 1 aliphatic rings. The van der Waals surface area contributed by atoms with Gasteiger partial charge in [0, 0.05) is 31.3 Å². The van der Waals surface area contributed by atoms with Crippen molar-refractivity contribution >= 4 is 5.82 Å². The lowest BCUT2D eigenvalue weighted by Crippen LogP contribution is -2.19. The number of aromatic nitrogens is 4. The Hall–Kier alpha value is -1.78. The molecule has 5 heteroatoms. The molecule has 5 nitrogen and oxygen atoms in total. The number of hydrogen-bond donors (Lipinski definition) is 1. The van der Waals surface area contributed by atoms with Crippen molar-refractivity contribution in [2.24, 2.45) is 13.0 Å². The van der Waals surface area contributed by atoms with E-state index < -0.39 is 0 Å². The van der Waals surface area contributed by atoms with Gasteiger partial charge in [-0.25, -0.2) is 4.98 Å². The molecule has 0 spiro atoms. The fraction of sp³-hybridized carbons (Fsp3) is 0.538. The monoisotopic (exact) mass is 245 g/mol. The number of rotatable bonds is 1. The first-order chi connectivity index (χ1) is 8.58. The molecule has 0 aliphatic carbocycles. The number of nitrogens with zero attached hydrogens (tertiary/aromatic N) is 4. The number of nitrogens with two attached hydrogens (primary N) is 1. The summed E-state index contributed by atoms with van der Waals surface area (Å²) < 4.78 is 4.02. The van der Waals surface area contributed by atoms with E-state index in [9.17, 15) is 0 Å². The Bertz CT molecular complexity index is 593. The van der Waals surface area contributed by atoms with Crippen molar-refractivity contribution in [1.29, 1.82) is 0 Å². The van der Waals surface area contributed by atoms with Gasteiger partial charge in [-0.15, -0.1) is 0 Å². The second-order valence-electron chi connectivity index (χ2n) is 5.28. The van der Waals surface area contributed by atoms with Gasteiger partial charge >= 0.3 is 0 Å². The van der Waals surface area contributed by atoms with Gasteiger partial charge in [-0.3, -0.25) is 4.68 Å². The van der Waals surface area contributed by atoms with E-state index >= 15 is 0 Å². The highest BCUT2D eigenvalue weighted by Crippen LogP contribution is 2.32. The highest BCUT2D eigenvalue weighted by atomic mass is 15.3. The number of imidazole rings is 1. The zero-order valence-electron chi connectivity index (χ0n) is 11.1. The molecule has 1 aliphatic heterocycles. The summed E-state index contributed by atoms with van der Waals surface area (Å²) in [5.41, 5.74) is 9.30. The fourth-order valence-corrected chi connectivity index (χ4v) is 2.62. The molecule has 96 valence electrons. The lowest BCUT2D eigenvalue weighted by molar-refractivity contribution is 0.397. The van der Waals surface area contributed by atoms with Crippen molar-refractivity contribution in [2.45, 2.75) is 33.2 Å². The van der Waals surface area contributed by atoms with E-state index in [1.165, 1.54) is 6.42 Å². The maximum atomic E-state index is 6.26. The van der Waals surface area contributed by atoms with Crippen LogP contribution in [0.5, 0.6) is 0 Å². The van der Waals surface area contributed by atoms with Gasteiger partial charge < -0.3 is 10.3 Å². The van der Waals surface area contributed by atoms with Crippen molar-refractivity contribution < 1.29 is 0 Å². The minimum atomic E-state index is 0.678. The summed E-state index contributed by atoms with van der Waals surface area (Å²) in [6.07, 6.45) is 4.07. The van der Waals surface area contributed by atoms with E-state index in [-0.39, 0.29) is 0 Å². The van der Waals surface area contributed by atoms with E-state index in [4.69, 9.17) is 10.7 Å². The number of nitrogen functional groups attached to an aromatic ring is 1. The third-order valence-corrected chi connectivity index (χ3v) is 3.93. The molecule has 0 amide bonds. The van der Waals surface area contributed by atoms with Crippen molar-refractivity contribution in [1.82, 2.24) is 19.3 Å². The van der Waals surface area contributed by atoms with Gasteiger partial charge in [0.15, 0.2) is 0 Å². The van der Waals surface area contributed by atoms with Gasteiger partial charge in [-0.1, -0.05) is 6.92 Å². The summed E-state index contributed by atoms with van der Waals surface area (Å²) in [6, 6.07) is 0. The normalized spacial score (nSPS) is 18.9. The zero-order chi connectivity index (χ0) is 12.9. The summed E-state index contributed by atoms with van der Waals surface area (Å²) in [7, 11) is 1.94. The topological polar surface area (TPSA) is 61.7 Å². The molecule has 2 aromatic heterocycles. The predicted octanol–water partition coefficient (Wildman–Crippen LogP) is 1.76. The zero-order valence-corrected chi connectivity index (χ0v) is 11.1. The third-order valence-electron chi connectivity index (χ3n) is 3.93. The second-order valence-corrected chi connectivity index (χ2v) is 5.28. The van der Waals surface area contributed by atoms with E-state index in [1.54, 1.807) is 0 Å². The molecule has 1 unspecified atom stereocenters. The summed E-state index contributed by atoms with van der Waals surface area (Å²) >= 11 is 0. The van der Waals surface area contributed by atoms with Crippen LogP contribution < -0.4 is 5.73 Å². The van der Waals surface area contributed by atoms with Crippen molar-refractivity contribution in [3.8, 4) is 11.3 Å². The molecule has 0 bridgehead atoms. The lowest BCUT2D eigenvalue weighted by atomic mass is 10.0. The van der Waals surface area contributed by atoms with Crippen LogP contribution in [0.15, 0.2) is 6.20 Å². The minimum Gasteiger partial charge on any atom is -0.383 e. The summed E-state index contributed by atoms with van der Waals surface area (Å²) in [6.45, 7) is 5.29. The van der Waals surface area contributed by atoms with Crippen LogP contribution in [0.25, 0.3) is 11.3 Å². The first kappa shape index (κ1) is 11.3. The van der Waals surface area contributed by atoms with E-state index in [0.717, 1.165) is 41.6 Å². The maximum Gasteiger partial charge on any atom is 0.131 e. The Balaban J connectivity index is 2.12. The third kappa shape index (κ3) is 1.54. The Kier molecular flexibility index (Phi) is 2.43. The molecule has 2 N–H and O–H groups in total. The molecule has 0 aromatic carbocycles. The van der Waals surface area contributed by atoms with Crippen LogP contribution in [-0.2, 0) is 20.0 Å². The standard InChI is InChI=1S/C13H19N5/c1-8-4-5-11-16-12(13(14)18(11)7-8)10-6-15-17(3)9(10)2/h6,8H,4-5,7,14H2,1-3H3. The number of anilines is 1. The van der Waals surface area contributed by atoms with Crippen LogP contribution in [0.4, 0.5) is 5.82 Å². The predicted molar refractivity (Wildman–Crippen MR) is 71.1 cm³/mol. The molecule has 2 aromatic rings. The molecule has 0 saturated carbocycles. The highest BCUT2D eigenvalue weighted by Gasteiger charge is 2.23. The van der Waals surface area contributed by atoms with Crippen LogP contribution in [-0.4, -0.2) is 19.3 Å². The van der Waals surface area contributed by atoms with Gasteiger partial charge in [0.25, 0.3) is 0 Å². The van der Waals surface area contributed by atoms with Gasteiger partial charge in [0.05, 0.1) is 6.20 Å². The van der Waals surface area contributed by atoms with Crippen LogP contribution in [0.3, 0.4) is 0 Å². The molecule has 0 fully saturated rings. The van der Waals surface area contributed by atoms with Gasteiger partial charge in [0.2, 0.25) is 0 Å². The van der Waals surface area contributed by atoms with E-state index in [0.29, 0.717) is 5.92 Å². The Morgan fingerprint density at radius 1 is 1.44 bits per heavy atom. The van der Waals surface area contributed by atoms with E-state index in [2.05, 4.69) is 16.6 Å². The van der Waals surface area contributed by atoms with Crippen LogP contribution in [0.2, 0.25) is 0 Å². The summed E-state index contributed by atoms with van der Waals surface area (Å²) in [5.74, 6) is 2.58. The maximum absolute atomic E-state index is 6.26. The first-order valence-electron chi connectivity index (χ1n) is 6.41. The number of hydrogen-bond acceptors (Lipinski definition) is 3.